The van der Waals surface area contributed by atoms with Gasteiger partial charge in [0.05, 0.1) is 0 Å². The molecule has 110 valence electrons. The minimum absolute atomic E-state index is 0.520. The fraction of sp³-hybridized carbons (Fsp3) is 0.222. The molecule has 0 radical (unpaired) electrons. The third-order valence-corrected chi connectivity index (χ3v) is 2.87. The molecule has 2 aromatic carbocycles. The highest BCUT2D eigenvalue weighted by atomic mass is 16.5. The van der Waals surface area contributed by atoms with Gasteiger partial charge in [-0.25, -0.2) is 0 Å². The van der Waals surface area contributed by atoms with Gasteiger partial charge in [-0.2, -0.15) is 0 Å². The van der Waals surface area contributed by atoms with Gasteiger partial charge in [0.15, 0.2) is 0 Å². The van der Waals surface area contributed by atoms with Gasteiger partial charge in [-0.3, -0.25) is 0 Å². The van der Waals surface area contributed by atoms with Crippen LogP contribution in [-0.2, 0) is 0 Å². The summed E-state index contributed by atoms with van der Waals surface area (Å²) in [6.45, 7) is 8.28. The van der Waals surface area contributed by atoms with E-state index in [4.69, 9.17) is 9.47 Å². The lowest BCUT2D eigenvalue weighted by atomic mass is 10.3. The van der Waals surface area contributed by atoms with Crippen LogP contribution in [0.2, 0.25) is 0 Å². The molecule has 0 aliphatic rings. The summed E-state index contributed by atoms with van der Waals surface area (Å²) in [5.74, 6) is 2.43. The van der Waals surface area contributed by atoms with Crippen molar-refractivity contribution in [1.82, 2.24) is 5.32 Å². The Hall–Kier alpha value is -2.26. The number of hydrogen-bond acceptors (Lipinski definition) is 3. The molecule has 0 atom stereocenters. The van der Waals surface area contributed by atoms with E-state index in [2.05, 4.69) is 18.8 Å². The zero-order valence-electron chi connectivity index (χ0n) is 12.3. The molecule has 0 fully saturated rings. The second kappa shape index (κ2) is 8.12. The first-order valence-electron chi connectivity index (χ1n) is 7.11. The molecule has 0 bridgehead atoms. The normalized spacial score (nSPS) is 10.1. The molecule has 2 aromatic rings. The van der Waals surface area contributed by atoms with Gasteiger partial charge < -0.3 is 14.8 Å². The summed E-state index contributed by atoms with van der Waals surface area (Å²) in [6, 6.07) is 17.3. The maximum atomic E-state index is 5.73. The Kier molecular flexibility index (Phi) is 5.85. The Morgan fingerprint density at radius 3 is 2.24 bits per heavy atom. The molecular weight excluding hydrogens is 262 g/mol. The van der Waals surface area contributed by atoms with E-state index in [1.54, 1.807) is 0 Å². The Balaban J connectivity index is 1.83. The highest BCUT2D eigenvalue weighted by Crippen LogP contribution is 2.23. The van der Waals surface area contributed by atoms with E-state index >= 15 is 0 Å². The van der Waals surface area contributed by atoms with Gasteiger partial charge in [0.1, 0.15) is 23.9 Å². The standard InChI is InChI=1S/C18H21NO2/c1-3-19-13-15(2)14-20-16-9-11-18(12-10-16)21-17-7-5-4-6-8-17/h4-12,19H,2-3,13-14H2,1H3. The van der Waals surface area contributed by atoms with Crippen LogP contribution in [-0.4, -0.2) is 19.7 Å². The number of nitrogens with one attached hydrogen (secondary N) is 1. The molecule has 21 heavy (non-hydrogen) atoms. The van der Waals surface area contributed by atoms with Crippen molar-refractivity contribution in [3.8, 4) is 17.2 Å². The Labute approximate surface area is 126 Å². The predicted molar refractivity (Wildman–Crippen MR) is 86.1 cm³/mol. The SMILES string of the molecule is C=C(CNCC)COc1ccc(Oc2ccccc2)cc1. The molecule has 1 N–H and O–H groups in total. The third kappa shape index (κ3) is 5.32. The lowest BCUT2D eigenvalue weighted by Crippen LogP contribution is -2.18. The van der Waals surface area contributed by atoms with Crippen LogP contribution >= 0.6 is 0 Å². The second-order valence-electron chi connectivity index (χ2n) is 4.71. The summed E-state index contributed by atoms with van der Waals surface area (Å²) < 4.78 is 11.4. The quantitative estimate of drug-likeness (QED) is 0.742. The largest absolute Gasteiger partial charge is 0.489 e. The van der Waals surface area contributed by atoms with Gasteiger partial charge in [-0.1, -0.05) is 31.7 Å². The van der Waals surface area contributed by atoms with E-state index < -0.39 is 0 Å². The predicted octanol–water partition coefficient (Wildman–Crippen LogP) is 4.02. The van der Waals surface area contributed by atoms with Crippen molar-refractivity contribution in [3.05, 3.63) is 66.7 Å². The Morgan fingerprint density at radius 1 is 0.952 bits per heavy atom. The molecule has 0 spiro atoms. The van der Waals surface area contributed by atoms with Crippen LogP contribution < -0.4 is 14.8 Å². The van der Waals surface area contributed by atoms with Crippen molar-refractivity contribution in [2.24, 2.45) is 0 Å². The fourth-order valence-electron chi connectivity index (χ4n) is 1.77. The van der Waals surface area contributed by atoms with E-state index in [0.717, 1.165) is 35.9 Å². The second-order valence-corrected chi connectivity index (χ2v) is 4.71. The highest BCUT2D eigenvalue weighted by Gasteiger charge is 1.99. The molecule has 0 saturated carbocycles. The summed E-state index contributed by atoms with van der Waals surface area (Å²) in [7, 11) is 0. The molecular formula is C18H21NO2. The Morgan fingerprint density at radius 2 is 1.57 bits per heavy atom. The lowest BCUT2D eigenvalue weighted by molar-refractivity contribution is 0.348. The van der Waals surface area contributed by atoms with Gasteiger partial charge in [-0.05, 0) is 48.5 Å². The minimum atomic E-state index is 0.520. The van der Waals surface area contributed by atoms with Crippen molar-refractivity contribution in [1.29, 1.82) is 0 Å². The summed E-state index contributed by atoms with van der Waals surface area (Å²) in [5.41, 5.74) is 1.03. The highest BCUT2D eigenvalue weighted by molar-refractivity contribution is 5.35. The maximum Gasteiger partial charge on any atom is 0.127 e. The average molecular weight is 283 g/mol. The minimum Gasteiger partial charge on any atom is -0.489 e. The van der Waals surface area contributed by atoms with Gasteiger partial charge in [0, 0.05) is 6.54 Å². The number of benzene rings is 2. The molecule has 0 amide bonds. The molecule has 0 aliphatic carbocycles. The van der Waals surface area contributed by atoms with Crippen LogP contribution in [0.5, 0.6) is 17.2 Å². The monoisotopic (exact) mass is 283 g/mol. The number of para-hydroxylation sites is 1. The van der Waals surface area contributed by atoms with Gasteiger partial charge in [-0.15, -0.1) is 0 Å². The molecule has 3 nitrogen and oxygen atoms in total. The fourth-order valence-corrected chi connectivity index (χ4v) is 1.77. The van der Waals surface area contributed by atoms with Gasteiger partial charge in [0.2, 0.25) is 0 Å². The van der Waals surface area contributed by atoms with E-state index in [-0.39, 0.29) is 0 Å². The summed E-state index contributed by atoms with van der Waals surface area (Å²) >= 11 is 0. The number of likely N-dealkylation sites (N-methyl/N-ethyl adjacent to an activating group) is 1. The van der Waals surface area contributed by atoms with Crippen molar-refractivity contribution >= 4 is 0 Å². The molecule has 0 heterocycles. The molecule has 0 aromatic heterocycles. The van der Waals surface area contributed by atoms with Gasteiger partial charge >= 0.3 is 0 Å². The van der Waals surface area contributed by atoms with Crippen LogP contribution in [0.4, 0.5) is 0 Å². The van der Waals surface area contributed by atoms with Crippen LogP contribution in [0.3, 0.4) is 0 Å². The van der Waals surface area contributed by atoms with Crippen molar-refractivity contribution in [3.63, 3.8) is 0 Å². The lowest BCUT2D eigenvalue weighted by Gasteiger charge is -2.10. The van der Waals surface area contributed by atoms with E-state index in [9.17, 15) is 0 Å². The maximum absolute atomic E-state index is 5.73. The van der Waals surface area contributed by atoms with Crippen LogP contribution in [0.25, 0.3) is 0 Å². The molecule has 0 unspecified atom stereocenters. The first-order chi connectivity index (χ1) is 10.3. The molecule has 3 heteroatoms. The van der Waals surface area contributed by atoms with Crippen LogP contribution in [0.15, 0.2) is 66.7 Å². The van der Waals surface area contributed by atoms with E-state index in [1.165, 1.54) is 0 Å². The van der Waals surface area contributed by atoms with E-state index in [0.29, 0.717) is 6.61 Å². The molecule has 2 rings (SSSR count). The number of hydrogen-bond donors (Lipinski definition) is 1. The zero-order chi connectivity index (χ0) is 14.9. The molecule has 0 aliphatic heterocycles. The third-order valence-electron chi connectivity index (χ3n) is 2.87. The topological polar surface area (TPSA) is 30.5 Å². The zero-order valence-corrected chi connectivity index (χ0v) is 12.3. The first kappa shape index (κ1) is 15.1. The van der Waals surface area contributed by atoms with Gasteiger partial charge in [0.25, 0.3) is 0 Å². The van der Waals surface area contributed by atoms with Crippen molar-refractivity contribution in [2.75, 3.05) is 19.7 Å². The smallest absolute Gasteiger partial charge is 0.127 e. The summed E-state index contributed by atoms with van der Waals surface area (Å²) in [4.78, 5) is 0. The number of rotatable bonds is 8. The first-order valence-corrected chi connectivity index (χ1v) is 7.11. The van der Waals surface area contributed by atoms with Crippen LogP contribution in [0, 0.1) is 0 Å². The van der Waals surface area contributed by atoms with E-state index in [1.807, 2.05) is 54.6 Å². The van der Waals surface area contributed by atoms with Crippen molar-refractivity contribution in [2.45, 2.75) is 6.92 Å². The Bertz CT molecular complexity index is 549. The molecule has 0 saturated heterocycles. The number of ether oxygens (including phenoxy) is 2. The summed E-state index contributed by atoms with van der Waals surface area (Å²) in [5, 5.41) is 3.22. The van der Waals surface area contributed by atoms with Crippen LogP contribution in [0.1, 0.15) is 6.92 Å². The summed E-state index contributed by atoms with van der Waals surface area (Å²) in [6.07, 6.45) is 0. The average Bonchev–Trinajstić information content (AvgIpc) is 2.53. The van der Waals surface area contributed by atoms with Crippen molar-refractivity contribution < 1.29 is 9.47 Å².